The summed E-state index contributed by atoms with van der Waals surface area (Å²) in [6.45, 7) is 5.40. The molecule has 0 aliphatic heterocycles. The number of nitrogens with zero attached hydrogens (tertiary/aromatic N) is 2. The van der Waals surface area contributed by atoms with Crippen LogP contribution in [0.3, 0.4) is 0 Å². The summed E-state index contributed by atoms with van der Waals surface area (Å²) in [5, 5.41) is 8.41. The molecule has 2 heterocycles. The summed E-state index contributed by atoms with van der Waals surface area (Å²) in [7, 11) is -3.75. The van der Waals surface area contributed by atoms with E-state index >= 15 is 0 Å². The van der Waals surface area contributed by atoms with Crippen LogP contribution >= 0.6 is 11.6 Å². The number of nitrogens with one attached hydrogen (secondary N) is 2. The zero-order valence-electron chi connectivity index (χ0n) is 14.6. The lowest BCUT2D eigenvalue weighted by Crippen LogP contribution is -2.24. The third kappa shape index (κ3) is 3.53. The Morgan fingerprint density at radius 3 is 2.62 bits per heavy atom. The maximum Gasteiger partial charge on any atom is 0.264 e. The van der Waals surface area contributed by atoms with Crippen LogP contribution in [-0.2, 0) is 23.0 Å². The van der Waals surface area contributed by atoms with E-state index in [2.05, 4.69) is 19.9 Å². The lowest BCUT2D eigenvalue weighted by atomic mass is 10.2. The Kier molecular flexibility index (Phi) is 5.17. The van der Waals surface area contributed by atoms with Crippen LogP contribution in [0, 0.1) is 13.8 Å². The zero-order valence-corrected chi connectivity index (χ0v) is 16.2. The normalized spacial score (nSPS) is 11.8. The molecule has 0 radical (unpaired) electrons. The van der Waals surface area contributed by atoms with Crippen LogP contribution in [0.5, 0.6) is 0 Å². The summed E-state index contributed by atoms with van der Waals surface area (Å²) in [6.07, 6.45) is 0.607. The SMILES string of the molecule is CCc1nnc(-c2[nH]c(C)c(S(=O)(=O)NCc3ccccc3Cl)c2C)o1. The van der Waals surface area contributed by atoms with E-state index in [1.54, 1.807) is 38.1 Å². The molecule has 2 aromatic heterocycles. The molecule has 1 aromatic carbocycles. The minimum Gasteiger partial charge on any atom is -0.419 e. The fourth-order valence-corrected chi connectivity index (χ4v) is 4.39. The molecule has 3 aromatic rings. The van der Waals surface area contributed by atoms with Gasteiger partial charge in [-0.2, -0.15) is 0 Å². The summed E-state index contributed by atoms with van der Waals surface area (Å²) in [4.78, 5) is 3.22. The van der Waals surface area contributed by atoms with E-state index in [1.165, 1.54) is 0 Å². The van der Waals surface area contributed by atoms with Crippen molar-refractivity contribution < 1.29 is 12.8 Å². The van der Waals surface area contributed by atoms with Crippen molar-refractivity contribution in [3.05, 3.63) is 52.0 Å². The van der Waals surface area contributed by atoms with E-state index in [1.807, 2.05) is 6.92 Å². The lowest BCUT2D eigenvalue weighted by molar-refractivity contribution is 0.511. The molecule has 0 spiro atoms. The summed E-state index contributed by atoms with van der Waals surface area (Å²) in [5.41, 5.74) is 2.24. The molecule has 0 amide bonds. The van der Waals surface area contributed by atoms with Crippen molar-refractivity contribution >= 4 is 21.6 Å². The zero-order chi connectivity index (χ0) is 18.9. The Morgan fingerprint density at radius 1 is 1.23 bits per heavy atom. The Hall–Kier alpha value is -2.16. The number of benzene rings is 1. The summed E-state index contributed by atoms with van der Waals surface area (Å²) in [5.74, 6) is 0.767. The molecule has 0 saturated heterocycles. The van der Waals surface area contributed by atoms with E-state index in [0.29, 0.717) is 39.8 Å². The van der Waals surface area contributed by atoms with Crippen molar-refractivity contribution in [2.24, 2.45) is 0 Å². The summed E-state index contributed by atoms with van der Waals surface area (Å²) in [6, 6.07) is 7.10. The van der Waals surface area contributed by atoms with Gasteiger partial charge in [0.1, 0.15) is 10.6 Å². The minimum atomic E-state index is -3.75. The maximum absolute atomic E-state index is 12.8. The molecule has 0 aliphatic rings. The first-order chi connectivity index (χ1) is 12.3. The molecular weight excluding hydrogens is 376 g/mol. The number of aromatic amines is 1. The second-order valence-electron chi connectivity index (χ2n) is 5.85. The number of aromatic nitrogens is 3. The van der Waals surface area contributed by atoms with Crippen molar-refractivity contribution in [3.63, 3.8) is 0 Å². The monoisotopic (exact) mass is 394 g/mol. The average molecular weight is 395 g/mol. The molecule has 26 heavy (non-hydrogen) atoms. The van der Waals surface area contributed by atoms with Gasteiger partial charge in [-0.1, -0.05) is 36.7 Å². The molecule has 0 fully saturated rings. The summed E-state index contributed by atoms with van der Waals surface area (Å²) < 4.78 is 33.8. The van der Waals surface area contributed by atoms with Gasteiger partial charge in [0.25, 0.3) is 5.89 Å². The highest BCUT2D eigenvalue weighted by Crippen LogP contribution is 2.30. The molecule has 0 atom stereocenters. The topological polar surface area (TPSA) is 101 Å². The third-order valence-corrected chi connectivity index (χ3v) is 6.07. The van der Waals surface area contributed by atoms with Gasteiger partial charge in [-0.15, -0.1) is 10.2 Å². The van der Waals surface area contributed by atoms with E-state index in [-0.39, 0.29) is 17.3 Å². The average Bonchev–Trinajstić information content (AvgIpc) is 3.18. The van der Waals surface area contributed by atoms with Crippen LogP contribution in [-0.4, -0.2) is 23.6 Å². The predicted molar refractivity (Wildman–Crippen MR) is 98.4 cm³/mol. The first-order valence-electron chi connectivity index (χ1n) is 8.08. The Labute approximate surface area is 156 Å². The lowest BCUT2D eigenvalue weighted by Gasteiger charge is -2.09. The molecule has 2 N–H and O–H groups in total. The Morgan fingerprint density at radius 2 is 1.96 bits per heavy atom. The fraction of sp³-hybridized carbons (Fsp3) is 0.294. The number of H-pyrrole nitrogens is 1. The highest BCUT2D eigenvalue weighted by molar-refractivity contribution is 7.89. The largest absolute Gasteiger partial charge is 0.419 e. The van der Waals surface area contributed by atoms with Gasteiger partial charge in [0.2, 0.25) is 15.9 Å². The van der Waals surface area contributed by atoms with E-state index in [9.17, 15) is 8.42 Å². The van der Waals surface area contributed by atoms with Crippen LogP contribution in [0.15, 0.2) is 33.6 Å². The molecule has 3 rings (SSSR count). The van der Waals surface area contributed by atoms with Crippen molar-refractivity contribution in [1.82, 2.24) is 19.9 Å². The minimum absolute atomic E-state index is 0.0991. The molecule has 7 nitrogen and oxygen atoms in total. The standard InChI is InChI=1S/C17H19ClN4O3S/c1-4-14-21-22-17(25-14)15-10(2)16(11(3)20-15)26(23,24)19-9-12-7-5-6-8-13(12)18/h5-8,19-20H,4,9H2,1-3H3. The number of halogens is 1. The smallest absolute Gasteiger partial charge is 0.264 e. The highest BCUT2D eigenvalue weighted by atomic mass is 35.5. The molecular formula is C17H19ClN4O3S. The van der Waals surface area contributed by atoms with Crippen LogP contribution in [0.25, 0.3) is 11.6 Å². The van der Waals surface area contributed by atoms with Gasteiger partial charge >= 0.3 is 0 Å². The second-order valence-corrected chi connectivity index (χ2v) is 7.96. The van der Waals surface area contributed by atoms with Gasteiger partial charge in [-0.3, -0.25) is 0 Å². The van der Waals surface area contributed by atoms with Gasteiger partial charge in [0.15, 0.2) is 0 Å². The quantitative estimate of drug-likeness (QED) is 0.667. The van der Waals surface area contributed by atoms with Crippen molar-refractivity contribution in [2.75, 3.05) is 0 Å². The Bertz CT molecular complexity index is 1040. The molecule has 138 valence electrons. The second kappa shape index (κ2) is 7.22. The summed E-state index contributed by atoms with van der Waals surface area (Å²) >= 11 is 6.09. The van der Waals surface area contributed by atoms with Gasteiger partial charge < -0.3 is 9.40 Å². The van der Waals surface area contributed by atoms with E-state index in [0.717, 1.165) is 0 Å². The third-order valence-electron chi connectivity index (χ3n) is 4.03. The van der Waals surface area contributed by atoms with Crippen LogP contribution in [0.2, 0.25) is 5.02 Å². The molecule has 0 saturated carbocycles. The first kappa shape index (κ1) is 18.6. The number of hydrogen-bond acceptors (Lipinski definition) is 5. The maximum atomic E-state index is 12.8. The van der Waals surface area contributed by atoms with Gasteiger partial charge in [-0.05, 0) is 31.0 Å². The van der Waals surface area contributed by atoms with Crippen molar-refractivity contribution in [3.8, 4) is 11.6 Å². The fourth-order valence-electron chi connectivity index (χ4n) is 2.73. The van der Waals surface area contributed by atoms with Crippen molar-refractivity contribution in [2.45, 2.75) is 38.6 Å². The van der Waals surface area contributed by atoms with E-state index in [4.69, 9.17) is 16.0 Å². The molecule has 0 bridgehead atoms. The Balaban J connectivity index is 1.91. The number of rotatable bonds is 6. The first-order valence-corrected chi connectivity index (χ1v) is 9.94. The molecule has 0 aliphatic carbocycles. The van der Waals surface area contributed by atoms with Gasteiger partial charge in [-0.25, -0.2) is 13.1 Å². The number of hydrogen-bond donors (Lipinski definition) is 2. The van der Waals surface area contributed by atoms with Crippen LogP contribution < -0.4 is 4.72 Å². The van der Waals surface area contributed by atoms with Crippen LogP contribution in [0.4, 0.5) is 0 Å². The van der Waals surface area contributed by atoms with Gasteiger partial charge in [0, 0.05) is 23.7 Å². The molecule has 0 unspecified atom stereocenters. The van der Waals surface area contributed by atoms with Crippen molar-refractivity contribution in [1.29, 1.82) is 0 Å². The highest BCUT2D eigenvalue weighted by Gasteiger charge is 2.26. The number of aryl methyl sites for hydroxylation is 2. The van der Waals surface area contributed by atoms with Gasteiger partial charge in [0.05, 0.1) is 0 Å². The molecule has 9 heteroatoms. The predicted octanol–water partition coefficient (Wildman–Crippen LogP) is 3.38. The number of sulfonamides is 1. The van der Waals surface area contributed by atoms with E-state index < -0.39 is 10.0 Å². The van der Waals surface area contributed by atoms with Crippen LogP contribution in [0.1, 0.15) is 29.6 Å².